The van der Waals surface area contributed by atoms with Crippen LogP contribution in [-0.4, -0.2) is 21.4 Å². The first-order valence-electron chi connectivity index (χ1n) is 7.64. The second kappa shape index (κ2) is 5.42. The van der Waals surface area contributed by atoms with Crippen LogP contribution < -0.4 is 19.6 Å². The molecule has 6 nitrogen and oxygen atoms in total. The smallest absolute Gasteiger partial charge is 0.276 e. The molecular formula is C18H11N3O3S. The molecule has 5 rings (SSSR count). The minimum atomic E-state index is -0.124. The van der Waals surface area contributed by atoms with Gasteiger partial charge in [0.1, 0.15) is 0 Å². The molecule has 7 heteroatoms. The third-order valence-electron chi connectivity index (χ3n) is 3.97. The SMILES string of the molecule is O=c1/c(=C\c2ccc3c(c2)OCO3)sc2nnc(-c3ccccc3)n12. The molecule has 0 spiro atoms. The molecule has 0 N–H and O–H groups in total. The molecule has 0 radical (unpaired) electrons. The molecule has 122 valence electrons. The van der Waals surface area contributed by atoms with Crippen molar-refractivity contribution in [2.24, 2.45) is 0 Å². The minimum Gasteiger partial charge on any atom is -0.454 e. The molecule has 0 aliphatic carbocycles. The zero-order chi connectivity index (χ0) is 16.8. The van der Waals surface area contributed by atoms with E-state index >= 15 is 0 Å². The molecule has 0 atom stereocenters. The van der Waals surface area contributed by atoms with Gasteiger partial charge in [-0.15, -0.1) is 10.2 Å². The summed E-state index contributed by atoms with van der Waals surface area (Å²) in [6.07, 6.45) is 1.83. The van der Waals surface area contributed by atoms with Gasteiger partial charge in [0, 0.05) is 5.56 Å². The molecule has 2 aromatic carbocycles. The molecule has 0 bridgehead atoms. The molecule has 0 fully saturated rings. The van der Waals surface area contributed by atoms with E-state index in [0.29, 0.717) is 21.1 Å². The summed E-state index contributed by atoms with van der Waals surface area (Å²) < 4.78 is 12.8. The van der Waals surface area contributed by atoms with E-state index in [1.165, 1.54) is 11.3 Å². The molecule has 0 saturated carbocycles. The van der Waals surface area contributed by atoms with E-state index < -0.39 is 0 Å². The lowest BCUT2D eigenvalue weighted by Crippen LogP contribution is -2.23. The monoisotopic (exact) mass is 349 g/mol. The summed E-state index contributed by atoms with van der Waals surface area (Å²) >= 11 is 1.32. The molecule has 1 aliphatic heterocycles. The van der Waals surface area contributed by atoms with Crippen LogP contribution in [0.4, 0.5) is 0 Å². The summed E-state index contributed by atoms with van der Waals surface area (Å²) in [6.45, 7) is 0.227. The molecule has 2 aromatic heterocycles. The molecule has 0 amide bonds. The van der Waals surface area contributed by atoms with Gasteiger partial charge in [-0.3, -0.25) is 4.79 Å². The highest BCUT2D eigenvalue weighted by atomic mass is 32.1. The Bertz CT molecular complexity index is 1200. The van der Waals surface area contributed by atoms with Gasteiger partial charge in [-0.05, 0) is 23.8 Å². The molecular weight excluding hydrogens is 338 g/mol. The quantitative estimate of drug-likeness (QED) is 0.554. The standard InChI is InChI=1S/C18H11N3O3S/c22-17-15(9-11-6-7-13-14(8-11)24-10-23-13)25-18-20-19-16(21(17)18)12-4-2-1-3-5-12/h1-9H,10H2/b15-9+. The highest BCUT2D eigenvalue weighted by Gasteiger charge is 2.15. The summed E-state index contributed by atoms with van der Waals surface area (Å²) in [6, 6.07) is 15.2. The average Bonchev–Trinajstić information content (AvgIpc) is 3.33. The summed E-state index contributed by atoms with van der Waals surface area (Å²) in [5.41, 5.74) is 1.61. The van der Waals surface area contributed by atoms with Gasteiger partial charge in [-0.2, -0.15) is 0 Å². The first kappa shape index (κ1) is 14.2. The maximum Gasteiger partial charge on any atom is 0.276 e. The Morgan fingerprint density at radius 1 is 1.04 bits per heavy atom. The number of nitrogens with zero attached hydrogens (tertiary/aromatic N) is 3. The average molecular weight is 349 g/mol. The van der Waals surface area contributed by atoms with Crippen LogP contribution in [0.1, 0.15) is 5.56 Å². The van der Waals surface area contributed by atoms with Crippen molar-refractivity contribution in [3.63, 3.8) is 0 Å². The molecule has 4 aromatic rings. The first-order valence-corrected chi connectivity index (χ1v) is 8.46. The van der Waals surface area contributed by atoms with Gasteiger partial charge < -0.3 is 9.47 Å². The Kier molecular flexibility index (Phi) is 3.07. The zero-order valence-corrected chi connectivity index (χ0v) is 13.7. The number of fused-ring (bicyclic) bond motifs is 2. The molecule has 3 heterocycles. The van der Waals surface area contributed by atoms with Crippen LogP contribution in [-0.2, 0) is 0 Å². The van der Waals surface area contributed by atoms with Crippen molar-refractivity contribution >= 4 is 22.4 Å². The lowest BCUT2D eigenvalue weighted by molar-refractivity contribution is 0.174. The van der Waals surface area contributed by atoms with Crippen molar-refractivity contribution in [2.75, 3.05) is 6.79 Å². The number of hydrogen-bond acceptors (Lipinski definition) is 6. The Morgan fingerprint density at radius 3 is 2.76 bits per heavy atom. The number of rotatable bonds is 2. The van der Waals surface area contributed by atoms with E-state index in [4.69, 9.17) is 9.47 Å². The number of thiazole rings is 1. The molecule has 0 saturated heterocycles. The van der Waals surface area contributed by atoms with Crippen LogP contribution in [0.5, 0.6) is 11.5 Å². The normalized spacial score (nSPS) is 13.7. The van der Waals surface area contributed by atoms with Crippen molar-refractivity contribution in [3.05, 3.63) is 69.0 Å². The molecule has 0 unspecified atom stereocenters. The van der Waals surface area contributed by atoms with Crippen molar-refractivity contribution in [1.82, 2.24) is 14.6 Å². The predicted molar refractivity (Wildman–Crippen MR) is 93.9 cm³/mol. The van der Waals surface area contributed by atoms with Gasteiger partial charge >= 0.3 is 0 Å². The van der Waals surface area contributed by atoms with Gasteiger partial charge in [0.25, 0.3) is 5.56 Å². The van der Waals surface area contributed by atoms with E-state index in [1.807, 2.05) is 54.6 Å². The van der Waals surface area contributed by atoms with Gasteiger partial charge in [0.15, 0.2) is 17.3 Å². The van der Waals surface area contributed by atoms with Crippen LogP contribution in [0.15, 0.2) is 53.3 Å². The van der Waals surface area contributed by atoms with Crippen molar-refractivity contribution in [3.8, 4) is 22.9 Å². The second-order valence-electron chi connectivity index (χ2n) is 5.54. The fourth-order valence-electron chi connectivity index (χ4n) is 2.79. The Labute approximate surface area is 145 Å². The lowest BCUT2D eigenvalue weighted by atomic mass is 10.2. The van der Waals surface area contributed by atoms with E-state index in [2.05, 4.69) is 10.2 Å². The van der Waals surface area contributed by atoms with Crippen LogP contribution in [0.3, 0.4) is 0 Å². The topological polar surface area (TPSA) is 65.7 Å². The van der Waals surface area contributed by atoms with E-state index in [9.17, 15) is 4.79 Å². The van der Waals surface area contributed by atoms with Crippen molar-refractivity contribution in [2.45, 2.75) is 0 Å². The van der Waals surface area contributed by atoms with Crippen molar-refractivity contribution < 1.29 is 9.47 Å². The Hall–Kier alpha value is -3.19. The molecule has 25 heavy (non-hydrogen) atoms. The van der Waals surface area contributed by atoms with Gasteiger partial charge in [-0.25, -0.2) is 4.40 Å². The van der Waals surface area contributed by atoms with E-state index in [-0.39, 0.29) is 12.4 Å². The Balaban J connectivity index is 1.67. The van der Waals surface area contributed by atoms with Gasteiger partial charge in [-0.1, -0.05) is 47.7 Å². The van der Waals surface area contributed by atoms with Crippen LogP contribution in [0.25, 0.3) is 22.4 Å². The third kappa shape index (κ3) is 2.28. The highest BCUT2D eigenvalue weighted by molar-refractivity contribution is 7.15. The van der Waals surface area contributed by atoms with Gasteiger partial charge in [0.2, 0.25) is 11.8 Å². The number of aromatic nitrogens is 3. The number of hydrogen-bond donors (Lipinski definition) is 0. The predicted octanol–water partition coefficient (Wildman–Crippen LogP) is 2.09. The first-order chi connectivity index (χ1) is 12.3. The fraction of sp³-hybridized carbons (Fsp3) is 0.0556. The maximum atomic E-state index is 12.8. The fourth-order valence-corrected chi connectivity index (χ4v) is 3.70. The maximum absolute atomic E-state index is 12.8. The second-order valence-corrected chi connectivity index (χ2v) is 6.55. The zero-order valence-electron chi connectivity index (χ0n) is 12.9. The van der Waals surface area contributed by atoms with Crippen LogP contribution >= 0.6 is 11.3 Å². The number of benzene rings is 2. The summed E-state index contributed by atoms with van der Waals surface area (Å²) in [4.78, 5) is 13.4. The van der Waals surface area contributed by atoms with Crippen LogP contribution in [0, 0.1) is 0 Å². The summed E-state index contributed by atoms with van der Waals surface area (Å²) in [5.74, 6) is 1.97. The largest absolute Gasteiger partial charge is 0.454 e. The number of ether oxygens (including phenoxy) is 2. The lowest BCUT2D eigenvalue weighted by Gasteiger charge is -1.96. The highest BCUT2D eigenvalue weighted by Crippen LogP contribution is 2.32. The summed E-state index contributed by atoms with van der Waals surface area (Å²) in [5, 5.41) is 8.30. The Morgan fingerprint density at radius 2 is 1.88 bits per heavy atom. The minimum absolute atomic E-state index is 0.124. The van der Waals surface area contributed by atoms with Crippen molar-refractivity contribution in [1.29, 1.82) is 0 Å². The summed E-state index contributed by atoms with van der Waals surface area (Å²) in [7, 11) is 0. The van der Waals surface area contributed by atoms with E-state index in [1.54, 1.807) is 4.40 Å². The molecule has 1 aliphatic rings. The van der Waals surface area contributed by atoms with Gasteiger partial charge in [0.05, 0.1) is 4.53 Å². The third-order valence-corrected chi connectivity index (χ3v) is 4.93. The van der Waals surface area contributed by atoms with E-state index in [0.717, 1.165) is 16.9 Å². The van der Waals surface area contributed by atoms with Crippen LogP contribution in [0.2, 0.25) is 0 Å².